The Morgan fingerprint density at radius 3 is 2.67 bits per heavy atom. The number of imidazole rings is 1. The third-order valence-corrected chi connectivity index (χ3v) is 5.93. The Bertz CT molecular complexity index is 1190. The fourth-order valence-corrected chi connectivity index (χ4v) is 3.82. The summed E-state index contributed by atoms with van der Waals surface area (Å²) in [5, 5.41) is 4.32. The monoisotopic (exact) mass is 402 g/mol. The van der Waals surface area contributed by atoms with Crippen LogP contribution in [-0.2, 0) is 10.0 Å². The molecule has 10 heteroatoms. The van der Waals surface area contributed by atoms with Crippen molar-refractivity contribution in [1.82, 2.24) is 14.1 Å². The van der Waals surface area contributed by atoms with Crippen molar-refractivity contribution in [2.45, 2.75) is 5.09 Å². The number of hydrogen-bond acceptors (Lipinski definition) is 6. The number of thiazole rings is 1. The maximum Gasteiger partial charge on any atom is 0.291 e. The Hall–Kier alpha value is -2.95. The number of rotatable bonds is 5. The van der Waals surface area contributed by atoms with E-state index in [1.54, 1.807) is 23.5 Å². The summed E-state index contributed by atoms with van der Waals surface area (Å²) < 4.78 is 32.5. The van der Waals surface area contributed by atoms with E-state index in [9.17, 15) is 13.2 Å². The van der Waals surface area contributed by atoms with E-state index in [2.05, 4.69) is 15.0 Å². The number of furan rings is 1. The van der Waals surface area contributed by atoms with E-state index in [1.165, 1.54) is 19.2 Å². The molecule has 0 spiro atoms. The number of carbonyl (C=O) groups is 1. The van der Waals surface area contributed by atoms with Crippen LogP contribution in [0.5, 0.6) is 0 Å². The van der Waals surface area contributed by atoms with E-state index in [1.807, 2.05) is 34.3 Å². The molecule has 0 radical (unpaired) electrons. The Morgan fingerprint density at radius 1 is 1.19 bits per heavy atom. The molecule has 0 aliphatic rings. The molecular formula is C17H14N4O4S2. The standard InChI is InChI=1S/C17H14N4O4S2/c1-18-27(23,24)15-7-6-14(25-15)16(22)19-12-4-2-11(3-5-12)13-10-21-8-9-26-17(21)20-13/h2-10,18H,1H3,(H,19,22). The van der Waals surface area contributed by atoms with Gasteiger partial charge in [0, 0.05) is 29.0 Å². The zero-order valence-electron chi connectivity index (χ0n) is 14.0. The predicted molar refractivity (Wildman–Crippen MR) is 101 cm³/mol. The van der Waals surface area contributed by atoms with Crippen molar-refractivity contribution in [1.29, 1.82) is 0 Å². The summed E-state index contributed by atoms with van der Waals surface area (Å²) in [6.07, 6.45) is 3.88. The molecule has 138 valence electrons. The molecule has 0 bridgehead atoms. The summed E-state index contributed by atoms with van der Waals surface area (Å²) in [6.45, 7) is 0. The molecule has 0 unspecified atom stereocenters. The van der Waals surface area contributed by atoms with Crippen molar-refractivity contribution in [3.63, 3.8) is 0 Å². The summed E-state index contributed by atoms with van der Waals surface area (Å²) in [5.41, 5.74) is 2.32. The van der Waals surface area contributed by atoms with Crippen LogP contribution >= 0.6 is 11.3 Å². The molecule has 0 atom stereocenters. The molecule has 8 nitrogen and oxygen atoms in total. The molecule has 27 heavy (non-hydrogen) atoms. The number of sulfonamides is 1. The Balaban J connectivity index is 1.50. The molecule has 4 aromatic rings. The molecule has 0 fully saturated rings. The summed E-state index contributed by atoms with van der Waals surface area (Å²) in [5.74, 6) is -0.634. The summed E-state index contributed by atoms with van der Waals surface area (Å²) in [6, 6.07) is 9.73. The SMILES string of the molecule is CNS(=O)(=O)c1ccc(C(=O)Nc2ccc(-c3cn4ccsc4n3)cc2)o1. The van der Waals surface area contributed by atoms with Crippen molar-refractivity contribution in [2.24, 2.45) is 0 Å². The van der Waals surface area contributed by atoms with Crippen LogP contribution in [0.3, 0.4) is 0 Å². The van der Waals surface area contributed by atoms with Crippen LogP contribution in [-0.4, -0.2) is 30.8 Å². The first-order valence-electron chi connectivity index (χ1n) is 7.84. The first-order valence-corrected chi connectivity index (χ1v) is 10.2. The quantitative estimate of drug-likeness (QED) is 0.534. The third kappa shape index (κ3) is 3.37. The van der Waals surface area contributed by atoms with E-state index in [0.717, 1.165) is 16.2 Å². The van der Waals surface area contributed by atoms with Gasteiger partial charge in [-0.1, -0.05) is 12.1 Å². The third-order valence-electron chi connectivity index (χ3n) is 3.87. The zero-order valence-corrected chi connectivity index (χ0v) is 15.7. The number of fused-ring (bicyclic) bond motifs is 1. The van der Waals surface area contributed by atoms with Gasteiger partial charge in [0.1, 0.15) is 0 Å². The van der Waals surface area contributed by atoms with Gasteiger partial charge in [-0.15, -0.1) is 11.3 Å². The second-order valence-corrected chi connectivity index (χ2v) is 8.27. The van der Waals surface area contributed by atoms with E-state index in [0.29, 0.717) is 5.69 Å². The molecule has 4 rings (SSSR count). The smallest absolute Gasteiger partial charge is 0.291 e. The van der Waals surface area contributed by atoms with E-state index in [4.69, 9.17) is 4.42 Å². The Morgan fingerprint density at radius 2 is 1.96 bits per heavy atom. The Labute approximate surface area is 158 Å². The number of nitrogens with zero attached hydrogens (tertiary/aromatic N) is 2. The number of aromatic nitrogens is 2. The fourth-order valence-electron chi connectivity index (χ4n) is 2.47. The highest BCUT2D eigenvalue weighted by Crippen LogP contribution is 2.23. The highest BCUT2D eigenvalue weighted by molar-refractivity contribution is 7.89. The molecule has 3 heterocycles. The van der Waals surface area contributed by atoms with Gasteiger partial charge in [-0.2, -0.15) is 0 Å². The lowest BCUT2D eigenvalue weighted by Gasteiger charge is -2.04. The van der Waals surface area contributed by atoms with Gasteiger partial charge < -0.3 is 9.73 Å². The van der Waals surface area contributed by atoms with Crippen LogP contribution in [0.25, 0.3) is 16.2 Å². The molecule has 0 saturated heterocycles. The van der Waals surface area contributed by atoms with Crippen molar-refractivity contribution >= 4 is 37.9 Å². The topological polar surface area (TPSA) is 106 Å². The number of hydrogen-bond donors (Lipinski definition) is 2. The second-order valence-electron chi connectivity index (χ2n) is 5.58. The first kappa shape index (κ1) is 17.5. The number of amides is 1. The lowest BCUT2D eigenvalue weighted by molar-refractivity contribution is 0.0991. The fraction of sp³-hybridized carbons (Fsp3) is 0.0588. The maximum atomic E-state index is 12.2. The number of anilines is 1. The van der Waals surface area contributed by atoms with Gasteiger partial charge in [0.2, 0.25) is 5.09 Å². The van der Waals surface area contributed by atoms with Gasteiger partial charge in [0.25, 0.3) is 15.9 Å². The van der Waals surface area contributed by atoms with Crippen LogP contribution in [0.1, 0.15) is 10.6 Å². The van der Waals surface area contributed by atoms with Gasteiger partial charge in [-0.25, -0.2) is 18.1 Å². The summed E-state index contributed by atoms with van der Waals surface area (Å²) in [7, 11) is -2.46. The van der Waals surface area contributed by atoms with Gasteiger partial charge in [0.05, 0.1) is 5.69 Å². The van der Waals surface area contributed by atoms with Gasteiger partial charge >= 0.3 is 0 Å². The summed E-state index contributed by atoms with van der Waals surface area (Å²) in [4.78, 5) is 17.7. The number of benzene rings is 1. The molecule has 1 aromatic carbocycles. The molecule has 0 aliphatic carbocycles. The highest BCUT2D eigenvalue weighted by Gasteiger charge is 2.19. The van der Waals surface area contributed by atoms with Crippen molar-refractivity contribution in [3.8, 4) is 11.3 Å². The van der Waals surface area contributed by atoms with Gasteiger partial charge in [-0.05, 0) is 31.3 Å². The maximum absolute atomic E-state index is 12.2. The van der Waals surface area contributed by atoms with E-state index >= 15 is 0 Å². The van der Waals surface area contributed by atoms with Gasteiger partial charge in [0.15, 0.2) is 10.7 Å². The van der Waals surface area contributed by atoms with Crippen molar-refractivity contribution in [2.75, 3.05) is 12.4 Å². The minimum Gasteiger partial charge on any atom is -0.438 e. The molecule has 1 amide bonds. The predicted octanol–water partition coefficient (Wildman–Crippen LogP) is 2.82. The minimum absolute atomic E-state index is 0.0951. The van der Waals surface area contributed by atoms with E-state index < -0.39 is 15.9 Å². The highest BCUT2D eigenvalue weighted by atomic mass is 32.2. The van der Waals surface area contributed by atoms with Crippen molar-refractivity contribution in [3.05, 3.63) is 59.9 Å². The normalized spacial score (nSPS) is 11.7. The average Bonchev–Trinajstić information content (AvgIpc) is 3.38. The molecule has 0 saturated carbocycles. The minimum atomic E-state index is -3.73. The molecule has 2 N–H and O–H groups in total. The Kier molecular flexibility index (Phi) is 4.30. The average molecular weight is 402 g/mol. The van der Waals surface area contributed by atoms with Crippen LogP contribution in [0.2, 0.25) is 0 Å². The van der Waals surface area contributed by atoms with Gasteiger partial charge in [-0.3, -0.25) is 9.20 Å². The van der Waals surface area contributed by atoms with Crippen LogP contribution in [0, 0.1) is 0 Å². The number of carbonyl (C=O) groups excluding carboxylic acids is 1. The first-order chi connectivity index (χ1) is 13.0. The number of nitrogens with one attached hydrogen (secondary N) is 2. The van der Waals surface area contributed by atoms with Crippen LogP contribution in [0.15, 0.2) is 63.7 Å². The molecule has 3 aromatic heterocycles. The van der Waals surface area contributed by atoms with Crippen LogP contribution < -0.4 is 10.0 Å². The lowest BCUT2D eigenvalue weighted by Crippen LogP contribution is -2.18. The second kappa shape index (κ2) is 6.65. The zero-order chi connectivity index (χ0) is 19.0. The molecular weight excluding hydrogens is 388 g/mol. The summed E-state index contributed by atoms with van der Waals surface area (Å²) >= 11 is 1.55. The van der Waals surface area contributed by atoms with Crippen LogP contribution in [0.4, 0.5) is 5.69 Å². The largest absolute Gasteiger partial charge is 0.438 e. The molecule has 0 aliphatic heterocycles. The lowest BCUT2D eigenvalue weighted by atomic mass is 10.1. The van der Waals surface area contributed by atoms with E-state index in [-0.39, 0.29) is 10.9 Å². The van der Waals surface area contributed by atoms with Crippen molar-refractivity contribution < 1.29 is 17.6 Å².